The lowest BCUT2D eigenvalue weighted by molar-refractivity contribution is -0.385. The number of methoxy groups -OCH3 is 2. The zero-order chi connectivity index (χ0) is 15.7. The van der Waals surface area contributed by atoms with Crippen LogP contribution in [0.15, 0.2) is 12.1 Å². The normalized spacial score (nSPS) is 9.95. The van der Waals surface area contributed by atoms with Gasteiger partial charge in [-0.05, 0) is 25.5 Å². The third-order valence-electron chi connectivity index (χ3n) is 2.99. The lowest BCUT2D eigenvalue weighted by Crippen LogP contribution is -2.15. The Bertz CT molecular complexity index is 526. The standard InChI is InChI=1S/C14H19N3O4/c1-20-13-8-11(10-16-7-5-3-4-6-15)12(17(18)19)9-14(13)21-2/h8-9,16H,3-5,7,10H2,1-2H3. The van der Waals surface area contributed by atoms with E-state index in [-0.39, 0.29) is 5.69 Å². The number of nitriles is 1. The maximum absolute atomic E-state index is 11.1. The highest BCUT2D eigenvalue weighted by Crippen LogP contribution is 2.34. The number of nitrogens with zero attached hydrogens (tertiary/aromatic N) is 2. The maximum atomic E-state index is 11.1. The van der Waals surface area contributed by atoms with E-state index in [1.165, 1.54) is 20.3 Å². The number of nitro benzene ring substituents is 1. The number of unbranched alkanes of at least 4 members (excludes halogenated alkanes) is 2. The van der Waals surface area contributed by atoms with Gasteiger partial charge >= 0.3 is 0 Å². The van der Waals surface area contributed by atoms with Crippen molar-refractivity contribution in [3.8, 4) is 17.6 Å². The Balaban J connectivity index is 2.75. The van der Waals surface area contributed by atoms with Gasteiger partial charge in [-0.25, -0.2) is 0 Å². The van der Waals surface area contributed by atoms with Crippen LogP contribution in [0.25, 0.3) is 0 Å². The zero-order valence-electron chi connectivity index (χ0n) is 12.2. The van der Waals surface area contributed by atoms with E-state index in [1.54, 1.807) is 6.07 Å². The highest BCUT2D eigenvalue weighted by molar-refractivity contribution is 5.54. The Hall–Kier alpha value is -2.33. The molecule has 0 aliphatic heterocycles. The summed E-state index contributed by atoms with van der Waals surface area (Å²) in [4.78, 5) is 10.7. The number of hydrogen-bond acceptors (Lipinski definition) is 6. The topological polar surface area (TPSA) is 97.4 Å². The van der Waals surface area contributed by atoms with E-state index in [1.807, 2.05) is 0 Å². The summed E-state index contributed by atoms with van der Waals surface area (Å²) in [7, 11) is 2.93. The number of benzene rings is 1. The summed E-state index contributed by atoms with van der Waals surface area (Å²) in [6, 6.07) is 5.06. The van der Waals surface area contributed by atoms with Crippen molar-refractivity contribution in [1.82, 2.24) is 5.32 Å². The lowest BCUT2D eigenvalue weighted by atomic mass is 10.1. The molecule has 21 heavy (non-hydrogen) atoms. The Kier molecular flexibility index (Phi) is 6.98. The van der Waals surface area contributed by atoms with Gasteiger partial charge in [0.25, 0.3) is 5.69 Å². The molecule has 0 atom stereocenters. The minimum atomic E-state index is -0.436. The number of ether oxygens (including phenoxy) is 2. The molecule has 1 aromatic carbocycles. The van der Waals surface area contributed by atoms with Gasteiger partial charge in [0.15, 0.2) is 11.5 Å². The predicted molar refractivity (Wildman–Crippen MR) is 77.4 cm³/mol. The molecular formula is C14H19N3O4. The van der Waals surface area contributed by atoms with Crippen molar-refractivity contribution in [3.63, 3.8) is 0 Å². The molecule has 0 heterocycles. The molecule has 0 aliphatic carbocycles. The molecule has 1 aromatic rings. The fourth-order valence-electron chi connectivity index (χ4n) is 1.90. The van der Waals surface area contributed by atoms with E-state index >= 15 is 0 Å². The van der Waals surface area contributed by atoms with Gasteiger partial charge in [0, 0.05) is 18.5 Å². The van der Waals surface area contributed by atoms with Crippen LogP contribution < -0.4 is 14.8 Å². The van der Waals surface area contributed by atoms with Crippen LogP contribution in [0.4, 0.5) is 5.69 Å². The van der Waals surface area contributed by atoms with Crippen molar-refractivity contribution in [2.45, 2.75) is 25.8 Å². The molecule has 0 unspecified atom stereocenters. The van der Waals surface area contributed by atoms with Crippen molar-refractivity contribution in [2.75, 3.05) is 20.8 Å². The van der Waals surface area contributed by atoms with Gasteiger partial charge in [0.05, 0.1) is 31.3 Å². The summed E-state index contributed by atoms with van der Waals surface area (Å²) in [6.45, 7) is 1.07. The van der Waals surface area contributed by atoms with Crippen LogP contribution in [0.1, 0.15) is 24.8 Å². The molecule has 1 N–H and O–H groups in total. The van der Waals surface area contributed by atoms with Crippen LogP contribution in [0.2, 0.25) is 0 Å². The first-order chi connectivity index (χ1) is 10.1. The van der Waals surface area contributed by atoms with Gasteiger partial charge in [0.1, 0.15) is 0 Å². The van der Waals surface area contributed by atoms with Gasteiger partial charge in [-0.1, -0.05) is 0 Å². The van der Waals surface area contributed by atoms with E-state index in [4.69, 9.17) is 14.7 Å². The van der Waals surface area contributed by atoms with E-state index < -0.39 is 4.92 Å². The molecule has 0 fully saturated rings. The van der Waals surface area contributed by atoms with Gasteiger partial charge < -0.3 is 14.8 Å². The highest BCUT2D eigenvalue weighted by Gasteiger charge is 2.18. The second-order valence-electron chi connectivity index (χ2n) is 4.39. The summed E-state index contributed by atoms with van der Waals surface area (Å²) in [5.41, 5.74) is 0.537. The number of nitro groups is 1. The summed E-state index contributed by atoms with van der Waals surface area (Å²) in [5, 5.41) is 22.7. The fraction of sp³-hybridized carbons (Fsp3) is 0.500. The third-order valence-corrected chi connectivity index (χ3v) is 2.99. The molecule has 0 amide bonds. The molecule has 1 rings (SSSR count). The summed E-state index contributed by atoms with van der Waals surface area (Å²) in [5.74, 6) is 0.798. The van der Waals surface area contributed by atoms with E-state index in [0.29, 0.717) is 36.6 Å². The number of rotatable bonds is 9. The average molecular weight is 293 g/mol. The van der Waals surface area contributed by atoms with Crippen molar-refractivity contribution in [2.24, 2.45) is 0 Å². The van der Waals surface area contributed by atoms with E-state index in [9.17, 15) is 10.1 Å². The number of nitrogens with one attached hydrogen (secondary N) is 1. The van der Waals surface area contributed by atoms with Crippen LogP contribution in [0.5, 0.6) is 11.5 Å². The Morgan fingerprint density at radius 1 is 1.29 bits per heavy atom. The second-order valence-corrected chi connectivity index (χ2v) is 4.39. The molecule has 7 nitrogen and oxygen atoms in total. The van der Waals surface area contributed by atoms with Crippen molar-refractivity contribution >= 4 is 5.69 Å². The summed E-state index contributed by atoms with van der Waals surface area (Å²) in [6.07, 6.45) is 2.20. The van der Waals surface area contributed by atoms with Crippen molar-refractivity contribution in [3.05, 3.63) is 27.8 Å². The van der Waals surface area contributed by atoms with Crippen LogP contribution >= 0.6 is 0 Å². The van der Waals surface area contributed by atoms with Gasteiger partial charge in [-0.3, -0.25) is 10.1 Å². The second kappa shape index (κ2) is 8.76. The molecule has 0 saturated heterocycles. The van der Waals surface area contributed by atoms with Gasteiger partial charge in [-0.2, -0.15) is 5.26 Å². The smallest absolute Gasteiger partial charge is 0.277 e. The molecule has 0 bridgehead atoms. The first-order valence-corrected chi connectivity index (χ1v) is 6.61. The van der Waals surface area contributed by atoms with E-state index in [0.717, 1.165) is 12.8 Å². The SMILES string of the molecule is COc1cc(CNCCCCC#N)c([N+](=O)[O-])cc1OC. The Morgan fingerprint density at radius 2 is 1.95 bits per heavy atom. The predicted octanol–water partition coefficient (Wildman–Crippen LogP) is 2.40. The fourth-order valence-corrected chi connectivity index (χ4v) is 1.90. The molecule has 0 aromatic heterocycles. The lowest BCUT2D eigenvalue weighted by Gasteiger charge is -2.11. The summed E-state index contributed by atoms with van der Waals surface area (Å²) < 4.78 is 10.2. The molecule has 0 saturated carbocycles. The minimum Gasteiger partial charge on any atom is -0.493 e. The minimum absolute atomic E-state index is 0.00262. The Labute approximate surface area is 123 Å². The average Bonchev–Trinajstić information content (AvgIpc) is 2.49. The highest BCUT2D eigenvalue weighted by atomic mass is 16.6. The molecular weight excluding hydrogens is 274 g/mol. The quantitative estimate of drug-likeness (QED) is 0.426. The molecule has 7 heteroatoms. The first-order valence-electron chi connectivity index (χ1n) is 6.61. The van der Waals surface area contributed by atoms with Crippen molar-refractivity contribution < 1.29 is 14.4 Å². The van der Waals surface area contributed by atoms with Gasteiger partial charge in [0.2, 0.25) is 0 Å². The molecule has 0 spiro atoms. The maximum Gasteiger partial charge on any atom is 0.277 e. The van der Waals surface area contributed by atoms with Crippen LogP contribution in [-0.2, 0) is 6.54 Å². The summed E-state index contributed by atoms with van der Waals surface area (Å²) >= 11 is 0. The monoisotopic (exact) mass is 293 g/mol. The first kappa shape index (κ1) is 16.7. The van der Waals surface area contributed by atoms with E-state index in [2.05, 4.69) is 11.4 Å². The molecule has 114 valence electrons. The van der Waals surface area contributed by atoms with Crippen LogP contribution in [-0.4, -0.2) is 25.7 Å². The Morgan fingerprint density at radius 3 is 2.52 bits per heavy atom. The molecule has 0 aliphatic rings. The van der Waals surface area contributed by atoms with Crippen molar-refractivity contribution in [1.29, 1.82) is 5.26 Å². The third kappa shape index (κ3) is 4.93. The van der Waals surface area contributed by atoms with Crippen LogP contribution in [0, 0.1) is 21.4 Å². The molecule has 0 radical (unpaired) electrons. The largest absolute Gasteiger partial charge is 0.493 e. The zero-order valence-corrected chi connectivity index (χ0v) is 12.2. The van der Waals surface area contributed by atoms with Crippen LogP contribution in [0.3, 0.4) is 0 Å². The number of hydrogen-bond donors (Lipinski definition) is 1. The van der Waals surface area contributed by atoms with Gasteiger partial charge in [-0.15, -0.1) is 0 Å².